The molecule has 1 N–H and O–H groups in total. The van der Waals surface area contributed by atoms with E-state index in [1.807, 2.05) is 0 Å². The molecule has 0 saturated carbocycles. The van der Waals surface area contributed by atoms with Crippen molar-refractivity contribution in [3.63, 3.8) is 0 Å². The van der Waals surface area contributed by atoms with Gasteiger partial charge < -0.3 is 19.6 Å². The van der Waals surface area contributed by atoms with Crippen LogP contribution in [-0.2, 0) is 14.3 Å². The largest absolute Gasteiger partial charge is 0.363 e. The van der Waals surface area contributed by atoms with Gasteiger partial charge in [0.1, 0.15) is 0 Å². The highest BCUT2D eigenvalue weighted by Crippen LogP contribution is 2.36. The van der Waals surface area contributed by atoms with Crippen molar-refractivity contribution >= 4 is 11.8 Å². The maximum atomic E-state index is 13.1. The Morgan fingerprint density at radius 1 is 1.11 bits per heavy atom. The van der Waals surface area contributed by atoms with Crippen LogP contribution in [0, 0.1) is 0 Å². The molecule has 2 aliphatic rings. The lowest BCUT2D eigenvalue weighted by molar-refractivity contribution is -0.428. The summed E-state index contributed by atoms with van der Waals surface area (Å²) in [6.45, 7) is 1.12. The molecule has 7 nitrogen and oxygen atoms in total. The zero-order valence-corrected chi connectivity index (χ0v) is 10.6. The molecular weight excluding hydrogens is 264 g/mol. The van der Waals surface area contributed by atoms with Crippen LogP contribution in [0.3, 0.4) is 0 Å². The Kier molecular flexibility index (Phi) is 3.23. The summed E-state index contributed by atoms with van der Waals surface area (Å²) < 4.78 is 31.4. The number of hydrogen-bond donors (Lipinski definition) is 1. The van der Waals surface area contributed by atoms with Crippen LogP contribution in [-0.4, -0.2) is 69.8 Å². The van der Waals surface area contributed by atoms with Gasteiger partial charge in [0.25, 0.3) is 0 Å². The van der Waals surface area contributed by atoms with E-state index >= 15 is 0 Å². The molecule has 0 aromatic carbocycles. The minimum Gasteiger partial charge on any atom is -0.363 e. The fourth-order valence-corrected chi connectivity index (χ4v) is 2.47. The maximum Gasteiger partial charge on any atom is 0.219 e. The van der Waals surface area contributed by atoms with E-state index in [4.69, 9.17) is 4.74 Å². The summed E-state index contributed by atoms with van der Waals surface area (Å²) in [4.78, 5) is 24.9. The van der Waals surface area contributed by atoms with Gasteiger partial charge in [-0.05, 0) is 0 Å². The van der Waals surface area contributed by atoms with Crippen LogP contribution in [0.1, 0.15) is 13.8 Å². The summed E-state index contributed by atoms with van der Waals surface area (Å²) in [5.41, 5.74) is -2.19. The van der Waals surface area contributed by atoms with E-state index in [9.17, 15) is 23.7 Å². The zero-order chi connectivity index (χ0) is 14.4. The summed E-state index contributed by atoms with van der Waals surface area (Å²) in [5.74, 6) is -2.86. The number of morpholine rings is 2. The van der Waals surface area contributed by atoms with E-state index < -0.39 is 41.8 Å². The van der Waals surface area contributed by atoms with Gasteiger partial charge in [-0.15, -0.1) is 0 Å². The summed E-state index contributed by atoms with van der Waals surface area (Å²) in [7, 11) is 0. The molecule has 0 aromatic rings. The van der Waals surface area contributed by atoms with Crippen molar-refractivity contribution in [2.75, 3.05) is 26.2 Å². The zero-order valence-electron chi connectivity index (χ0n) is 10.6. The minimum absolute atomic E-state index is 0.248. The molecule has 2 amide bonds. The van der Waals surface area contributed by atoms with E-state index in [1.54, 1.807) is 0 Å². The van der Waals surface area contributed by atoms with Gasteiger partial charge in [0.2, 0.25) is 23.3 Å². The topological polar surface area (TPSA) is 73.3 Å². The second kappa shape index (κ2) is 4.36. The molecule has 2 saturated heterocycles. The van der Waals surface area contributed by atoms with E-state index in [2.05, 4.69) is 0 Å². The van der Waals surface area contributed by atoms with Crippen LogP contribution < -0.4 is 0 Å². The monoisotopic (exact) mass is 279 g/mol. The lowest BCUT2D eigenvalue weighted by Crippen LogP contribution is -2.75. The Morgan fingerprint density at radius 2 is 1.53 bits per heavy atom. The van der Waals surface area contributed by atoms with Crippen molar-refractivity contribution in [1.82, 2.24) is 15.1 Å². The smallest absolute Gasteiger partial charge is 0.219 e. The second-order valence-corrected chi connectivity index (χ2v) is 4.98. The van der Waals surface area contributed by atoms with Crippen molar-refractivity contribution in [2.45, 2.75) is 25.4 Å². The highest BCUT2D eigenvalue weighted by Gasteiger charge is 2.59. The molecular formula is C10H15F2N3O4. The predicted molar refractivity (Wildman–Crippen MR) is 57.3 cm³/mol. The Bertz CT molecular complexity index is 392. The number of rotatable bonds is 1. The van der Waals surface area contributed by atoms with Crippen molar-refractivity contribution in [3.05, 3.63) is 0 Å². The highest BCUT2D eigenvalue weighted by atomic mass is 19.4. The van der Waals surface area contributed by atoms with Crippen molar-refractivity contribution in [1.29, 1.82) is 0 Å². The van der Waals surface area contributed by atoms with Crippen molar-refractivity contribution in [3.8, 4) is 0 Å². The molecule has 0 aliphatic carbocycles. The van der Waals surface area contributed by atoms with Crippen LogP contribution in [0.4, 0.5) is 8.96 Å². The standard InChI is InChI=1S/C10H15F2N3O4/c1-7(16)13-3-9(15(11)12)4-14(8(2)17)6-10(18,5-13)19-9/h18H,3-6H2,1-2H3. The van der Waals surface area contributed by atoms with Gasteiger partial charge in [0, 0.05) is 13.8 Å². The number of nitrogens with zero attached hydrogens (tertiary/aromatic N) is 3. The number of carbonyl (C=O) groups is 2. The van der Waals surface area contributed by atoms with Crippen molar-refractivity contribution in [2.24, 2.45) is 0 Å². The Hall–Kier alpha value is -1.32. The lowest BCUT2D eigenvalue weighted by atomic mass is 10.0. The van der Waals surface area contributed by atoms with Crippen LogP contribution >= 0.6 is 0 Å². The number of fused-ring (bicyclic) bond motifs is 2. The van der Waals surface area contributed by atoms with Gasteiger partial charge in [-0.3, -0.25) is 9.59 Å². The predicted octanol–water partition coefficient (Wildman–Crippen LogP) is -0.817. The number of β-amino-alcohol motifs (C(OH)–C–C–N with tert-alkyl or cyclic N) is 1. The number of halogens is 2. The molecule has 0 aromatic heterocycles. The third-order valence-corrected chi connectivity index (χ3v) is 3.33. The normalized spacial score (nSPS) is 34.6. The van der Waals surface area contributed by atoms with E-state index in [1.165, 1.54) is 13.8 Å². The number of carbonyl (C=O) groups excluding carboxylic acids is 2. The summed E-state index contributed by atoms with van der Waals surface area (Å²) in [5, 5.41) is 8.99. The molecule has 9 heteroatoms. The molecule has 2 heterocycles. The van der Waals surface area contributed by atoms with Gasteiger partial charge in [-0.1, -0.05) is 8.96 Å². The summed E-state index contributed by atoms with van der Waals surface area (Å²) >= 11 is 0. The Morgan fingerprint density at radius 3 is 1.84 bits per heavy atom. The van der Waals surface area contributed by atoms with Crippen LogP contribution in [0.5, 0.6) is 0 Å². The Balaban J connectivity index is 2.35. The highest BCUT2D eigenvalue weighted by molar-refractivity contribution is 5.75. The maximum absolute atomic E-state index is 13.1. The number of amides is 2. The molecule has 0 spiro atoms. The summed E-state index contributed by atoms with van der Waals surface area (Å²) in [6, 6.07) is 0. The van der Waals surface area contributed by atoms with Crippen LogP contribution in [0.2, 0.25) is 0 Å². The van der Waals surface area contributed by atoms with Gasteiger partial charge in [-0.2, -0.15) is 0 Å². The molecule has 0 unspecified atom stereocenters. The Labute approximate surface area is 108 Å². The molecule has 2 bridgehead atoms. The van der Waals surface area contributed by atoms with Gasteiger partial charge >= 0.3 is 0 Å². The number of hydrogen-bond acceptors (Lipinski definition) is 5. The lowest BCUT2D eigenvalue weighted by Gasteiger charge is -2.55. The van der Waals surface area contributed by atoms with Crippen LogP contribution in [0.25, 0.3) is 0 Å². The minimum atomic E-state index is -2.19. The average molecular weight is 279 g/mol. The second-order valence-electron chi connectivity index (χ2n) is 4.98. The van der Waals surface area contributed by atoms with Gasteiger partial charge in [0.05, 0.1) is 31.5 Å². The van der Waals surface area contributed by atoms with Crippen molar-refractivity contribution < 1.29 is 28.4 Å². The molecule has 2 aliphatic heterocycles. The molecule has 108 valence electrons. The average Bonchev–Trinajstić information content (AvgIpc) is 2.25. The van der Waals surface area contributed by atoms with Gasteiger partial charge in [-0.25, -0.2) is 0 Å². The first-order chi connectivity index (χ1) is 8.67. The molecule has 0 radical (unpaired) electrons. The van der Waals surface area contributed by atoms with Gasteiger partial charge in [0.15, 0.2) is 0 Å². The fraction of sp³-hybridized carbons (Fsp3) is 0.800. The molecule has 19 heavy (non-hydrogen) atoms. The third-order valence-electron chi connectivity index (χ3n) is 3.33. The fourth-order valence-electron chi connectivity index (χ4n) is 2.47. The van der Waals surface area contributed by atoms with E-state index in [0.29, 0.717) is 0 Å². The quantitative estimate of drug-likeness (QED) is 0.635. The first-order valence-corrected chi connectivity index (χ1v) is 5.73. The third kappa shape index (κ3) is 2.40. The van der Waals surface area contributed by atoms with E-state index in [0.717, 1.165) is 9.80 Å². The SMILES string of the molecule is CC(=O)N1CC2(O)CN(C(C)=O)CC(N(F)F)(C1)O2. The summed E-state index contributed by atoms with van der Waals surface area (Å²) in [6.07, 6.45) is 0. The first-order valence-electron chi connectivity index (χ1n) is 5.73. The molecule has 2 fully saturated rings. The van der Waals surface area contributed by atoms with E-state index in [-0.39, 0.29) is 13.1 Å². The number of aliphatic hydroxyl groups is 1. The molecule has 0 atom stereocenters. The molecule has 2 rings (SSSR count). The first kappa shape index (κ1) is 14.1. The number of ether oxygens (including phenoxy) is 1. The van der Waals surface area contributed by atoms with Crippen LogP contribution in [0.15, 0.2) is 0 Å².